The summed E-state index contributed by atoms with van der Waals surface area (Å²) in [6.45, 7) is 6.53. The number of hydrogen-bond donors (Lipinski definition) is 2. The van der Waals surface area contributed by atoms with Crippen LogP contribution in [-0.2, 0) is 11.3 Å². The minimum Gasteiger partial charge on any atom is -0.353 e. The minimum atomic E-state index is -0.0376. The third kappa shape index (κ3) is 4.03. The van der Waals surface area contributed by atoms with E-state index in [-0.39, 0.29) is 24.4 Å². The van der Waals surface area contributed by atoms with E-state index in [4.69, 9.17) is 0 Å². The average molecular weight is 337 g/mol. The molecule has 5 nitrogen and oxygen atoms in total. The summed E-state index contributed by atoms with van der Waals surface area (Å²) in [5, 5.41) is 6.36. The average Bonchev–Trinajstić information content (AvgIpc) is 2.83. The van der Waals surface area contributed by atoms with E-state index in [2.05, 4.69) is 33.2 Å². The number of imidazole rings is 1. The van der Waals surface area contributed by atoms with Crippen LogP contribution in [0.25, 0.3) is 11.0 Å². The molecule has 2 N–H and O–H groups in total. The van der Waals surface area contributed by atoms with Gasteiger partial charge in [-0.15, -0.1) is 12.4 Å². The van der Waals surface area contributed by atoms with Gasteiger partial charge in [-0.2, -0.15) is 0 Å². The molecule has 1 fully saturated rings. The van der Waals surface area contributed by atoms with Crippen molar-refractivity contribution in [3.8, 4) is 0 Å². The molecule has 1 aromatic carbocycles. The normalized spacial score (nSPS) is 21.0. The highest BCUT2D eigenvalue weighted by Crippen LogP contribution is 2.16. The van der Waals surface area contributed by atoms with E-state index in [1.807, 2.05) is 25.1 Å². The summed E-state index contributed by atoms with van der Waals surface area (Å²) in [5.41, 5.74) is 2.13. The Labute approximate surface area is 143 Å². The first-order chi connectivity index (χ1) is 10.6. The van der Waals surface area contributed by atoms with Crippen LogP contribution in [0.2, 0.25) is 0 Å². The standard InChI is InChI=1S/C17H24N4O.ClH/c1-12-7-8-18-15(11-12)17(22)19-9-10-21-13(2)20-14-5-3-4-6-16(14)21;/h3-6,12,15,18H,7-11H2,1-2H3,(H,19,22);1H. The number of aromatic nitrogens is 2. The molecule has 0 aliphatic carbocycles. The second-order valence-electron chi connectivity index (χ2n) is 6.23. The number of amides is 1. The van der Waals surface area contributed by atoms with Gasteiger partial charge in [-0.05, 0) is 44.4 Å². The Morgan fingerprint density at radius 3 is 3.00 bits per heavy atom. The predicted molar refractivity (Wildman–Crippen MR) is 94.9 cm³/mol. The summed E-state index contributed by atoms with van der Waals surface area (Å²) in [5.74, 6) is 1.73. The largest absolute Gasteiger partial charge is 0.353 e. The van der Waals surface area contributed by atoms with Crippen molar-refractivity contribution in [2.45, 2.75) is 39.3 Å². The van der Waals surface area contributed by atoms with Gasteiger partial charge in [-0.1, -0.05) is 19.1 Å². The van der Waals surface area contributed by atoms with E-state index in [1.54, 1.807) is 0 Å². The molecule has 1 aliphatic heterocycles. The Morgan fingerprint density at radius 1 is 1.43 bits per heavy atom. The molecule has 1 saturated heterocycles. The quantitative estimate of drug-likeness (QED) is 0.900. The van der Waals surface area contributed by atoms with Crippen LogP contribution in [0.15, 0.2) is 24.3 Å². The highest BCUT2D eigenvalue weighted by molar-refractivity contribution is 5.85. The Morgan fingerprint density at radius 2 is 2.22 bits per heavy atom. The number of rotatable bonds is 4. The maximum Gasteiger partial charge on any atom is 0.237 e. The number of fused-ring (bicyclic) bond motifs is 1. The van der Waals surface area contributed by atoms with Gasteiger partial charge in [0.15, 0.2) is 0 Å². The van der Waals surface area contributed by atoms with Crippen LogP contribution in [0.5, 0.6) is 0 Å². The first kappa shape index (κ1) is 17.8. The number of carbonyl (C=O) groups is 1. The third-order valence-electron chi connectivity index (χ3n) is 4.46. The molecule has 0 radical (unpaired) electrons. The van der Waals surface area contributed by atoms with Gasteiger partial charge in [-0.25, -0.2) is 4.98 Å². The van der Waals surface area contributed by atoms with Gasteiger partial charge in [0.1, 0.15) is 5.82 Å². The molecule has 0 spiro atoms. The van der Waals surface area contributed by atoms with E-state index in [9.17, 15) is 4.79 Å². The number of piperidine rings is 1. The molecule has 1 aromatic heterocycles. The van der Waals surface area contributed by atoms with Crippen molar-refractivity contribution >= 4 is 29.3 Å². The van der Waals surface area contributed by atoms with E-state index in [1.165, 1.54) is 0 Å². The van der Waals surface area contributed by atoms with Gasteiger partial charge in [0.25, 0.3) is 0 Å². The molecule has 126 valence electrons. The summed E-state index contributed by atoms with van der Waals surface area (Å²) in [6.07, 6.45) is 2.09. The molecule has 1 aliphatic rings. The Hall–Kier alpha value is -1.59. The minimum absolute atomic E-state index is 0. The van der Waals surface area contributed by atoms with Crippen molar-refractivity contribution in [1.29, 1.82) is 0 Å². The van der Waals surface area contributed by atoms with Gasteiger partial charge in [0.05, 0.1) is 17.1 Å². The number of nitrogens with zero attached hydrogens (tertiary/aromatic N) is 2. The van der Waals surface area contributed by atoms with Gasteiger partial charge >= 0.3 is 0 Å². The van der Waals surface area contributed by atoms with Crippen LogP contribution < -0.4 is 10.6 Å². The van der Waals surface area contributed by atoms with E-state index in [0.29, 0.717) is 12.5 Å². The maximum atomic E-state index is 12.2. The zero-order valence-corrected chi connectivity index (χ0v) is 14.5. The van der Waals surface area contributed by atoms with E-state index in [0.717, 1.165) is 42.8 Å². The highest BCUT2D eigenvalue weighted by Gasteiger charge is 2.24. The number of hydrogen-bond acceptors (Lipinski definition) is 3. The molecule has 2 unspecified atom stereocenters. The molecule has 1 amide bonds. The topological polar surface area (TPSA) is 59.0 Å². The van der Waals surface area contributed by atoms with Crippen LogP contribution in [0.1, 0.15) is 25.6 Å². The molecule has 23 heavy (non-hydrogen) atoms. The molecular formula is C17H25ClN4O. The molecule has 2 aromatic rings. The molecule has 3 rings (SSSR count). The van der Waals surface area contributed by atoms with Crippen molar-refractivity contribution in [3.63, 3.8) is 0 Å². The first-order valence-electron chi connectivity index (χ1n) is 8.08. The Bertz CT molecular complexity index is 670. The lowest BCUT2D eigenvalue weighted by molar-refractivity contribution is -0.124. The van der Waals surface area contributed by atoms with Crippen LogP contribution in [0, 0.1) is 12.8 Å². The fourth-order valence-electron chi connectivity index (χ4n) is 3.20. The van der Waals surface area contributed by atoms with Crippen molar-refractivity contribution in [2.75, 3.05) is 13.1 Å². The van der Waals surface area contributed by atoms with Crippen LogP contribution in [-0.4, -0.2) is 34.6 Å². The second-order valence-corrected chi connectivity index (χ2v) is 6.23. The van der Waals surface area contributed by atoms with Gasteiger partial charge < -0.3 is 15.2 Å². The number of carbonyl (C=O) groups excluding carboxylic acids is 1. The highest BCUT2D eigenvalue weighted by atomic mass is 35.5. The summed E-state index contributed by atoms with van der Waals surface area (Å²) >= 11 is 0. The fraction of sp³-hybridized carbons (Fsp3) is 0.529. The lowest BCUT2D eigenvalue weighted by atomic mass is 9.94. The van der Waals surface area contributed by atoms with E-state index >= 15 is 0 Å². The fourth-order valence-corrected chi connectivity index (χ4v) is 3.20. The van der Waals surface area contributed by atoms with Crippen molar-refractivity contribution < 1.29 is 4.79 Å². The van der Waals surface area contributed by atoms with Gasteiger partial charge in [-0.3, -0.25) is 4.79 Å². The van der Waals surface area contributed by atoms with Gasteiger partial charge in [0, 0.05) is 13.1 Å². The number of halogens is 1. The lowest BCUT2D eigenvalue weighted by Crippen LogP contribution is -2.48. The van der Waals surface area contributed by atoms with Crippen molar-refractivity contribution in [3.05, 3.63) is 30.1 Å². The lowest BCUT2D eigenvalue weighted by Gasteiger charge is -2.27. The van der Waals surface area contributed by atoms with Crippen LogP contribution in [0.4, 0.5) is 0 Å². The number of nitrogens with one attached hydrogen (secondary N) is 2. The Balaban J connectivity index is 0.00000192. The third-order valence-corrected chi connectivity index (χ3v) is 4.46. The zero-order valence-electron chi connectivity index (χ0n) is 13.7. The Kier molecular flexibility index (Phi) is 6.02. The molecule has 2 atom stereocenters. The molecule has 0 saturated carbocycles. The van der Waals surface area contributed by atoms with E-state index < -0.39 is 0 Å². The van der Waals surface area contributed by atoms with Crippen LogP contribution in [0.3, 0.4) is 0 Å². The van der Waals surface area contributed by atoms with Gasteiger partial charge in [0.2, 0.25) is 5.91 Å². The smallest absolute Gasteiger partial charge is 0.237 e. The van der Waals surface area contributed by atoms with Crippen LogP contribution >= 0.6 is 12.4 Å². The SMILES string of the molecule is Cc1nc2ccccc2n1CCNC(=O)C1CC(C)CCN1.Cl. The molecule has 2 heterocycles. The summed E-state index contributed by atoms with van der Waals surface area (Å²) in [6, 6.07) is 8.07. The zero-order chi connectivity index (χ0) is 15.5. The van der Waals surface area contributed by atoms with Crippen molar-refractivity contribution in [1.82, 2.24) is 20.2 Å². The number of aryl methyl sites for hydroxylation is 1. The number of para-hydroxylation sites is 2. The molecule has 0 bridgehead atoms. The first-order valence-corrected chi connectivity index (χ1v) is 8.08. The van der Waals surface area contributed by atoms with Crippen molar-refractivity contribution in [2.24, 2.45) is 5.92 Å². The number of benzene rings is 1. The second kappa shape index (κ2) is 7.79. The summed E-state index contributed by atoms with van der Waals surface area (Å²) in [7, 11) is 0. The maximum absolute atomic E-state index is 12.2. The summed E-state index contributed by atoms with van der Waals surface area (Å²) in [4.78, 5) is 16.8. The molecular weight excluding hydrogens is 312 g/mol. The molecule has 6 heteroatoms. The monoisotopic (exact) mass is 336 g/mol. The summed E-state index contributed by atoms with van der Waals surface area (Å²) < 4.78 is 2.16. The predicted octanol–water partition coefficient (Wildman–Crippen LogP) is 2.27.